The normalized spacial score (nSPS) is 11.4. The van der Waals surface area contributed by atoms with E-state index in [0.717, 1.165) is 18.5 Å². The van der Waals surface area contributed by atoms with Crippen LogP contribution in [0.1, 0.15) is 37.2 Å². The zero-order valence-electron chi connectivity index (χ0n) is 12.4. The van der Waals surface area contributed by atoms with Gasteiger partial charge in [-0.25, -0.2) is 4.68 Å². The first-order valence-electron chi connectivity index (χ1n) is 7.13. The highest BCUT2D eigenvalue weighted by molar-refractivity contribution is 5.93. The number of nitrogens with zero attached hydrogens (tertiary/aromatic N) is 3. The van der Waals surface area contributed by atoms with E-state index in [1.165, 1.54) is 0 Å². The Morgan fingerprint density at radius 2 is 2.14 bits per heavy atom. The second-order valence-electron chi connectivity index (χ2n) is 5.00. The molecule has 0 unspecified atom stereocenters. The molecule has 6 heteroatoms. The van der Waals surface area contributed by atoms with Gasteiger partial charge in [0.25, 0.3) is 5.91 Å². The molecule has 0 fully saturated rings. The summed E-state index contributed by atoms with van der Waals surface area (Å²) < 4.78 is 1.69. The molecule has 6 nitrogen and oxygen atoms in total. The van der Waals surface area contributed by atoms with E-state index in [1.807, 2.05) is 26.1 Å². The van der Waals surface area contributed by atoms with Crippen molar-refractivity contribution < 1.29 is 4.79 Å². The minimum absolute atomic E-state index is 0.210. The smallest absolute Gasteiger partial charge is 0.270 e. The number of nitrogens with one attached hydrogen (secondary N) is 1. The van der Waals surface area contributed by atoms with E-state index < -0.39 is 0 Å². The van der Waals surface area contributed by atoms with E-state index in [4.69, 9.17) is 5.73 Å². The fourth-order valence-corrected chi connectivity index (χ4v) is 2.18. The predicted octanol–water partition coefficient (Wildman–Crippen LogP) is 1.51. The summed E-state index contributed by atoms with van der Waals surface area (Å²) in [6.07, 6.45) is 6.68. The molecule has 0 saturated carbocycles. The molecule has 2 heterocycles. The van der Waals surface area contributed by atoms with Crippen LogP contribution in [-0.2, 0) is 0 Å². The molecule has 2 aromatic rings. The molecule has 0 atom stereocenters. The predicted molar refractivity (Wildman–Crippen MR) is 81.2 cm³/mol. The molecule has 1 amide bonds. The highest BCUT2D eigenvalue weighted by Crippen LogP contribution is 2.15. The summed E-state index contributed by atoms with van der Waals surface area (Å²) >= 11 is 0. The van der Waals surface area contributed by atoms with Gasteiger partial charge in [-0.15, -0.1) is 0 Å². The number of pyridine rings is 1. The molecule has 0 spiro atoms. The topological polar surface area (TPSA) is 85.8 Å². The van der Waals surface area contributed by atoms with Gasteiger partial charge in [-0.05, 0) is 31.0 Å². The number of carbonyl (C=O) groups is 1. The van der Waals surface area contributed by atoms with Gasteiger partial charge >= 0.3 is 0 Å². The van der Waals surface area contributed by atoms with Crippen molar-refractivity contribution in [1.82, 2.24) is 20.1 Å². The van der Waals surface area contributed by atoms with Gasteiger partial charge in [-0.2, -0.15) is 5.10 Å². The molecule has 112 valence electrons. The number of rotatable bonds is 6. The average molecular weight is 287 g/mol. The minimum atomic E-state index is -0.375. The van der Waals surface area contributed by atoms with Crippen molar-refractivity contribution in [3.05, 3.63) is 42.5 Å². The quantitative estimate of drug-likeness (QED) is 0.843. The lowest BCUT2D eigenvalue weighted by Gasteiger charge is -2.31. The van der Waals surface area contributed by atoms with E-state index in [1.54, 1.807) is 29.2 Å². The molecule has 0 saturated heterocycles. The Kier molecular flexibility index (Phi) is 4.70. The van der Waals surface area contributed by atoms with Crippen molar-refractivity contribution in [2.45, 2.75) is 32.2 Å². The van der Waals surface area contributed by atoms with Crippen LogP contribution in [0, 0.1) is 0 Å². The fourth-order valence-electron chi connectivity index (χ4n) is 2.18. The van der Waals surface area contributed by atoms with E-state index >= 15 is 0 Å². The van der Waals surface area contributed by atoms with Crippen molar-refractivity contribution in [3.8, 4) is 5.69 Å². The zero-order chi connectivity index (χ0) is 15.3. The van der Waals surface area contributed by atoms with E-state index in [2.05, 4.69) is 15.4 Å². The summed E-state index contributed by atoms with van der Waals surface area (Å²) in [5.41, 5.74) is 6.60. The lowest BCUT2D eigenvalue weighted by Crippen LogP contribution is -2.53. The first kappa shape index (κ1) is 15.2. The standard InChI is InChI=1S/C15H21N5O/c1-3-15(4-2,11-16)19-14(21)13-10-12(6-8-17-13)20-9-5-7-18-20/h5-10H,3-4,11,16H2,1-2H3,(H,19,21). The highest BCUT2D eigenvalue weighted by Gasteiger charge is 2.27. The number of hydrogen-bond acceptors (Lipinski definition) is 4. The minimum Gasteiger partial charge on any atom is -0.344 e. The molecule has 0 aliphatic heterocycles. The van der Waals surface area contributed by atoms with Gasteiger partial charge in [-0.1, -0.05) is 13.8 Å². The maximum absolute atomic E-state index is 12.4. The molecule has 2 rings (SSSR count). The van der Waals surface area contributed by atoms with Crippen LogP contribution in [0.3, 0.4) is 0 Å². The molecule has 0 bridgehead atoms. The Labute approximate surface area is 124 Å². The molecule has 0 aromatic carbocycles. The van der Waals surface area contributed by atoms with Crippen molar-refractivity contribution in [3.63, 3.8) is 0 Å². The fraction of sp³-hybridized carbons (Fsp3) is 0.400. The lowest BCUT2D eigenvalue weighted by molar-refractivity contribution is 0.0890. The summed E-state index contributed by atoms with van der Waals surface area (Å²) in [5, 5.41) is 7.16. The molecular weight excluding hydrogens is 266 g/mol. The van der Waals surface area contributed by atoms with Gasteiger partial charge in [0.15, 0.2) is 0 Å². The van der Waals surface area contributed by atoms with Crippen LogP contribution >= 0.6 is 0 Å². The summed E-state index contributed by atoms with van der Waals surface area (Å²) in [6, 6.07) is 5.35. The van der Waals surface area contributed by atoms with Crippen molar-refractivity contribution in [2.24, 2.45) is 5.73 Å². The van der Waals surface area contributed by atoms with Gasteiger partial charge in [0, 0.05) is 25.1 Å². The van der Waals surface area contributed by atoms with Crippen molar-refractivity contribution in [2.75, 3.05) is 6.54 Å². The third-order valence-electron chi connectivity index (χ3n) is 3.87. The number of hydrogen-bond donors (Lipinski definition) is 2. The third-order valence-corrected chi connectivity index (χ3v) is 3.87. The Bertz CT molecular complexity index is 582. The maximum Gasteiger partial charge on any atom is 0.270 e. The van der Waals surface area contributed by atoms with E-state index in [0.29, 0.717) is 12.2 Å². The second kappa shape index (κ2) is 6.49. The van der Waals surface area contributed by atoms with Gasteiger partial charge < -0.3 is 11.1 Å². The van der Waals surface area contributed by atoms with Gasteiger partial charge in [0.2, 0.25) is 0 Å². The first-order chi connectivity index (χ1) is 10.1. The van der Waals surface area contributed by atoms with Crippen molar-refractivity contribution in [1.29, 1.82) is 0 Å². The molecule has 0 radical (unpaired) electrons. The largest absolute Gasteiger partial charge is 0.344 e. The van der Waals surface area contributed by atoms with E-state index in [9.17, 15) is 4.79 Å². The molecule has 21 heavy (non-hydrogen) atoms. The summed E-state index contributed by atoms with van der Waals surface area (Å²) in [4.78, 5) is 16.5. The summed E-state index contributed by atoms with van der Waals surface area (Å²) in [5.74, 6) is -0.210. The van der Waals surface area contributed by atoms with Crippen LogP contribution < -0.4 is 11.1 Å². The monoisotopic (exact) mass is 287 g/mol. The van der Waals surface area contributed by atoms with Crippen LogP contribution in [0.25, 0.3) is 5.69 Å². The van der Waals surface area contributed by atoms with Crippen LogP contribution in [0.4, 0.5) is 0 Å². The Hall–Kier alpha value is -2.21. The summed E-state index contributed by atoms with van der Waals surface area (Å²) in [7, 11) is 0. The van der Waals surface area contributed by atoms with Crippen LogP contribution in [0.15, 0.2) is 36.8 Å². The van der Waals surface area contributed by atoms with E-state index in [-0.39, 0.29) is 11.4 Å². The summed E-state index contributed by atoms with van der Waals surface area (Å²) in [6.45, 7) is 4.44. The average Bonchev–Trinajstić information content (AvgIpc) is 3.07. The number of amides is 1. The van der Waals surface area contributed by atoms with Gasteiger partial charge in [0.05, 0.1) is 11.2 Å². The molecular formula is C15H21N5O. The zero-order valence-corrected chi connectivity index (χ0v) is 12.4. The maximum atomic E-state index is 12.4. The van der Waals surface area contributed by atoms with Crippen molar-refractivity contribution >= 4 is 5.91 Å². The number of nitrogens with two attached hydrogens (primary N) is 1. The van der Waals surface area contributed by atoms with Gasteiger partial charge in [0.1, 0.15) is 5.69 Å². The van der Waals surface area contributed by atoms with Crippen LogP contribution in [0.2, 0.25) is 0 Å². The first-order valence-corrected chi connectivity index (χ1v) is 7.13. The van der Waals surface area contributed by atoms with Crippen LogP contribution in [0.5, 0.6) is 0 Å². The Morgan fingerprint density at radius 3 is 2.71 bits per heavy atom. The SMILES string of the molecule is CCC(CC)(CN)NC(=O)c1cc(-n2cccn2)ccn1. The lowest BCUT2D eigenvalue weighted by atomic mass is 9.93. The Morgan fingerprint density at radius 1 is 1.38 bits per heavy atom. The third kappa shape index (κ3) is 3.28. The molecule has 2 aromatic heterocycles. The number of aromatic nitrogens is 3. The number of carbonyl (C=O) groups excluding carboxylic acids is 1. The Balaban J connectivity index is 2.22. The molecule has 3 N–H and O–H groups in total. The molecule has 0 aliphatic carbocycles. The highest BCUT2D eigenvalue weighted by atomic mass is 16.2. The van der Waals surface area contributed by atoms with Gasteiger partial charge in [-0.3, -0.25) is 9.78 Å². The second-order valence-corrected chi connectivity index (χ2v) is 5.00. The van der Waals surface area contributed by atoms with Crippen LogP contribution in [-0.4, -0.2) is 32.8 Å². The molecule has 0 aliphatic rings.